The van der Waals surface area contributed by atoms with Crippen molar-refractivity contribution in [3.8, 4) is 0 Å². The number of carbonyl (C=O) groups is 2. The molecule has 5 nitrogen and oxygen atoms in total. The molecule has 2 fully saturated rings. The number of hydrogen-bond acceptors (Lipinski definition) is 2. The largest absolute Gasteiger partial charge is 0.338 e. The molecule has 2 aromatic rings. The molecular formula is C25H28ClN3O2. The fourth-order valence-corrected chi connectivity index (χ4v) is 5.89. The van der Waals surface area contributed by atoms with Gasteiger partial charge < -0.3 is 15.1 Å². The summed E-state index contributed by atoms with van der Waals surface area (Å²) in [7, 11) is 0. The first-order valence-electron chi connectivity index (χ1n) is 11.3. The number of piperidine rings is 2. The average molecular weight is 438 g/mol. The third-order valence-corrected chi connectivity index (χ3v) is 7.48. The molecule has 0 saturated carbocycles. The van der Waals surface area contributed by atoms with Gasteiger partial charge in [-0.25, -0.2) is 4.79 Å². The molecule has 0 aliphatic carbocycles. The van der Waals surface area contributed by atoms with E-state index in [0.717, 1.165) is 48.3 Å². The summed E-state index contributed by atoms with van der Waals surface area (Å²) >= 11 is 6.46. The van der Waals surface area contributed by atoms with Crippen molar-refractivity contribution in [2.24, 2.45) is 5.92 Å². The van der Waals surface area contributed by atoms with Crippen LogP contribution in [0.5, 0.6) is 0 Å². The van der Waals surface area contributed by atoms with E-state index in [1.54, 1.807) is 0 Å². The van der Waals surface area contributed by atoms with Gasteiger partial charge in [-0.05, 0) is 54.9 Å². The number of amides is 3. The van der Waals surface area contributed by atoms with Crippen molar-refractivity contribution in [1.29, 1.82) is 0 Å². The van der Waals surface area contributed by atoms with E-state index in [2.05, 4.69) is 23.5 Å². The Labute approximate surface area is 188 Å². The normalized spacial score (nSPS) is 24.8. The fraction of sp³-hybridized carbons (Fsp3) is 0.440. The lowest BCUT2D eigenvalue weighted by Gasteiger charge is -2.51. The van der Waals surface area contributed by atoms with Crippen molar-refractivity contribution in [3.63, 3.8) is 0 Å². The van der Waals surface area contributed by atoms with Crippen LogP contribution in [0.15, 0.2) is 48.5 Å². The number of benzene rings is 2. The van der Waals surface area contributed by atoms with Crippen LogP contribution in [0.2, 0.25) is 5.02 Å². The van der Waals surface area contributed by atoms with Gasteiger partial charge in [0.1, 0.15) is 0 Å². The average Bonchev–Trinajstić information content (AvgIpc) is 2.80. The van der Waals surface area contributed by atoms with Crippen LogP contribution < -0.4 is 5.32 Å². The van der Waals surface area contributed by atoms with Gasteiger partial charge in [-0.3, -0.25) is 4.79 Å². The van der Waals surface area contributed by atoms with E-state index in [1.807, 2.05) is 40.1 Å². The first kappa shape index (κ1) is 20.4. The highest BCUT2D eigenvalue weighted by Crippen LogP contribution is 2.44. The summed E-state index contributed by atoms with van der Waals surface area (Å²) in [6, 6.07) is 16.1. The summed E-state index contributed by atoms with van der Waals surface area (Å²) < 4.78 is 0. The molecule has 3 aliphatic heterocycles. The lowest BCUT2D eigenvalue weighted by Crippen LogP contribution is -2.61. The lowest BCUT2D eigenvalue weighted by atomic mass is 9.76. The van der Waals surface area contributed by atoms with Crippen LogP contribution in [0.3, 0.4) is 0 Å². The van der Waals surface area contributed by atoms with E-state index in [1.165, 1.54) is 5.56 Å². The van der Waals surface area contributed by atoms with Crippen LogP contribution >= 0.6 is 11.6 Å². The second-order valence-electron chi connectivity index (χ2n) is 8.82. The maximum Gasteiger partial charge on any atom is 0.317 e. The second-order valence-corrected chi connectivity index (χ2v) is 9.22. The molecule has 5 rings (SSSR count). The van der Waals surface area contributed by atoms with Crippen molar-refractivity contribution in [2.75, 3.05) is 19.6 Å². The van der Waals surface area contributed by atoms with Crippen LogP contribution in [0.4, 0.5) is 4.79 Å². The summed E-state index contributed by atoms with van der Waals surface area (Å²) in [5, 5.41) is 3.87. The van der Waals surface area contributed by atoms with Gasteiger partial charge in [-0.1, -0.05) is 54.1 Å². The van der Waals surface area contributed by atoms with Gasteiger partial charge in [0.05, 0.1) is 12.0 Å². The molecule has 3 amide bonds. The summed E-state index contributed by atoms with van der Waals surface area (Å²) in [5.41, 5.74) is 3.52. The van der Waals surface area contributed by atoms with Crippen molar-refractivity contribution in [3.05, 3.63) is 70.2 Å². The summed E-state index contributed by atoms with van der Waals surface area (Å²) in [6.45, 7) is 2.02. The Morgan fingerprint density at radius 2 is 1.94 bits per heavy atom. The Bertz CT molecular complexity index is 980. The molecule has 3 heterocycles. The molecule has 31 heavy (non-hydrogen) atoms. The van der Waals surface area contributed by atoms with Crippen molar-refractivity contribution < 1.29 is 9.59 Å². The van der Waals surface area contributed by atoms with Crippen LogP contribution in [-0.4, -0.2) is 47.4 Å². The highest BCUT2D eigenvalue weighted by atomic mass is 35.5. The van der Waals surface area contributed by atoms with Gasteiger partial charge in [0, 0.05) is 30.7 Å². The molecule has 0 unspecified atom stereocenters. The molecule has 3 atom stereocenters. The van der Waals surface area contributed by atoms with E-state index in [0.29, 0.717) is 19.6 Å². The zero-order valence-corrected chi connectivity index (χ0v) is 18.4. The van der Waals surface area contributed by atoms with Gasteiger partial charge in [-0.2, -0.15) is 0 Å². The standard InChI is InChI=1S/C25H28ClN3O2/c26-21-10-4-8-19-18(21)12-15-28-22(19)16-23-20(24(28)30)9-5-14-29(23)25(31)27-13-11-17-6-2-1-3-7-17/h1-4,6-8,10,20,22-23H,5,9,11-16H2,(H,27,31)/t20-,22-,23-/m1/s1. The number of rotatable bonds is 3. The minimum absolute atomic E-state index is 0.00826. The second kappa shape index (κ2) is 8.54. The predicted octanol–water partition coefficient (Wildman–Crippen LogP) is 4.20. The molecular weight excluding hydrogens is 410 g/mol. The molecule has 6 heteroatoms. The number of halogens is 1. The first-order valence-corrected chi connectivity index (χ1v) is 11.7. The number of carbonyl (C=O) groups excluding carboxylic acids is 2. The third kappa shape index (κ3) is 3.80. The number of nitrogens with one attached hydrogen (secondary N) is 1. The summed E-state index contributed by atoms with van der Waals surface area (Å²) in [6.07, 6.45) is 4.13. The van der Waals surface area contributed by atoms with E-state index in [-0.39, 0.29) is 29.9 Å². The Hall–Kier alpha value is -2.53. The van der Waals surface area contributed by atoms with Crippen LogP contribution in [0.25, 0.3) is 0 Å². The Morgan fingerprint density at radius 1 is 1.10 bits per heavy atom. The number of urea groups is 1. The van der Waals surface area contributed by atoms with Gasteiger partial charge >= 0.3 is 6.03 Å². The maximum absolute atomic E-state index is 13.4. The van der Waals surface area contributed by atoms with Crippen molar-refractivity contribution in [2.45, 2.75) is 44.2 Å². The topological polar surface area (TPSA) is 52.7 Å². The van der Waals surface area contributed by atoms with Gasteiger partial charge in [0.2, 0.25) is 5.91 Å². The molecule has 3 aliphatic rings. The van der Waals surface area contributed by atoms with Crippen molar-refractivity contribution in [1.82, 2.24) is 15.1 Å². The van der Waals surface area contributed by atoms with Crippen LogP contribution in [0, 0.1) is 5.92 Å². The zero-order valence-electron chi connectivity index (χ0n) is 17.6. The SMILES string of the molecule is O=C1[C@@H]2CCCN(C(=O)NCCc3ccccc3)[C@@H]2C[C@@H]2c3cccc(Cl)c3CCN12. The van der Waals surface area contributed by atoms with E-state index >= 15 is 0 Å². The van der Waals surface area contributed by atoms with E-state index in [9.17, 15) is 9.59 Å². The smallest absolute Gasteiger partial charge is 0.317 e. The number of likely N-dealkylation sites (tertiary alicyclic amines) is 1. The molecule has 0 radical (unpaired) electrons. The van der Waals surface area contributed by atoms with E-state index in [4.69, 9.17) is 11.6 Å². The number of hydrogen-bond donors (Lipinski definition) is 1. The first-order chi connectivity index (χ1) is 15.1. The molecule has 2 saturated heterocycles. The summed E-state index contributed by atoms with van der Waals surface area (Å²) in [4.78, 5) is 30.4. The minimum atomic E-state index is -0.0920. The molecule has 0 bridgehead atoms. The van der Waals surface area contributed by atoms with Crippen LogP contribution in [-0.2, 0) is 17.6 Å². The van der Waals surface area contributed by atoms with E-state index < -0.39 is 0 Å². The summed E-state index contributed by atoms with van der Waals surface area (Å²) in [5.74, 6) is 0.110. The quantitative estimate of drug-likeness (QED) is 0.782. The minimum Gasteiger partial charge on any atom is -0.338 e. The van der Waals surface area contributed by atoms with Gasteiger partial charge in [0.15, 0.2) is 0 Å². The Morgan fingerprint density at radius 3 is 2.77 bits per heavy atom. The Balaban J connectivity index is 1.32. The fourth-order valence-electron chi connectivity index (χ4n) is 5.62. The predicted molar refractivity (Wildman–Crippen MR) is 121 cm³/mol. The van der Waals surface area contributed by atoms with Crippen molar-refractivity contribution >= 4 is 23.5 Å². The number of fused-ring (bicyclic) bond motifs is 4. The zero-order chi connectivity index (χ0) is 21.4. The third-order valence-electron chi connectivity index (χ3n) is 7.13. The van der Waals surface area contributed by atoms with Crippen LogP contribution in [0.1, 0.15) is 42.0 Å². The highest BCUT2D eigenvalue weighted by Gasteiger charge is 2.48. The molecule has 0 spiro atoms. The highest BCUT2D eigenvalue weighted by molar-refractivity contribution is 6.31. The monoisotopic (exact) mass is 437 g/mol. The molecule has 2 aromatic carbocycles. The van der Waals surface area contributed by atoms with Gasteiger partial charge in [-0.15, -0.1) is 0 Å². The maximum atomic E-state index is 13.4. The molecule has 162 valence electrons. The number of nitrogens with zero attached hydrogens (tertiary/aromatic N) is 2. The Kier molecular flexibility index (Phi) is 5.61. The molecule has 1 N–H and O–H groups in total. The van der Waals surface area contributed by atoms with Gasteiger partial charge in [0.25, 0.3) is 0 Å². The lowest BCUT2D eigenvalue weighted by molar-refractivity contribution is -0.148. The molecule has 0 aromatic heterocycles.